The number of carbonyl (C=O) groups excluding carboxylic acids is 1. The molecule has 0 bridgehead atoms. The molecule has 2 aliphatic rings. The van der Waals surface area contributed by atoms with Gasteiger partial charge in [-0.1, -0.05) is 18.2 Å². The van der Waals surface area contributed by atoms with Crippen LogP contribution >= 0.6 is 0 Å². The number of carboxylic acids is 1. The van der Waals surface area contributed by atoms with E-state index in [1.807, 2.05) is 25.1 Å². The summed E-state index contributed by atoms with van der Waals surface area (Å²) in [6.07, 6.45) is 1.76. The molecular formula is C16H13NO4. The quantitative estimate of drug-likeness (QED) is 0.869. The standard InChI is InChI=1S/C16H13NO4/c1-16-10-5-3-2-4-9(10)14(18)17(16)12(15(19)20)8-13-11(16)6-7-21-13/h2-7,12H,8H2,1H3,(H,19,20)/t12-,16+/m0/s1. The van der Waals surface area contributed by atoms with Crippen molar-refractivity contribution in [1.29, 1.82) is 0 Å². The summed E-state index contributed by atoms with van der Waals surface area (Å²) in [4.78, 5) is 25.8. The number of amides is 1. The van der Waals surface area contributed by atoms with Gasteiger partial charge in [0.1, 0.15) is 11.8 Å². The van der Waals surface area contributed by atoms with E-state index in [9.17, 15) is 14.7 Å². The van der Waals surface area contributed by atoms with E-state index in [0.717, 1.165) is 11.1 Å². The molecule has 5 heteroatoms. The van der Waals surface area contributed by atoms with Gasteiger partial charge in [-0.2, -0.15) is 0 Å². The molecule has 1 aromatic carbocycles. The molecule has 2 aliphatic heterocycles. The predicted molar refractivity (Wildman–Crippen MR) is 72.9 cm³/mol. The lowest BCUT2D eigenvalue weighted by Gasteiger charge is -2.43. The number of hydrogen-bond acceptors (Lipinski definition) is 3. The first-order valence-corrected chi connectivity index (χ1v) is 6.78. The van der Waals surface area contributed by atoms with Crippen molar-refractivity contribution in [1.82, 2.24) is 4.90 Å². The molecule has 2 atom stereocenters. The van der Waals surface area contributed by atoms with E-state index in [0.29, 0.717) is 11.3 Å². The summed E-state index contributed by atoms with van der Waals surface area (Å²) in [6, 6.07) is 8.22. The summed E-state index contributed by atoms with van der Waals surface area (Å²) in [5.74, 6) is -0.595. The summed E-state index contributed by atoms with van der Waals surface area (Å²) in [7, 11) is 0. The van der Waals surface area contributed by atoms with Gasteiger partial charge in [-0.3, -0.25) is 4.79 Å². The lowest BCUT2D eigenvalue weighted by molar-refractivity contribution is -0.144. The summed E-state index contributed by atoms with van der Waals surface area (Å²) >= 11 is 0. The molecule has 21 heavy (non-hydrogen) atoms. The van der Waals surface area contributed by atoms with E-state index in [1.54, 1.807) is 18.4 Å². The van der Waals surface area contributed by atoms with Crippen LogP contribution in [0, 0.1) is 0 Å². The van der Waals surface area contributed by atoms with E-state index in [4.69, 9.17) is 4.42 Å². The van der Waals surface area contributed by atoms with Crippen molar-refractivity contribution in [3.63, 3.8) is 0 Å². The Labute approximate surface area is 120 Å². The maximum Gasteiger partial charge on any atom is 0.326 e. The second kappa shape index (κ2) is 3.75. The molecule has 1 aromatic heterocycles. The number of rotatable bonds is 1. The largest absolute Gasteiger partial charge is 0.480 e. The average Bonchev–Trinajstić information content (AvgIpc) is 3.02. The highest BCUT2D eigenvalue weighted by molar-refractivity contribution is 6.03. The van der Waals surface area contributed by atoms with Crippen LogP contribution in [0.4, 0.5) is 0 Å². The number of furan rings is 1. The van der Waals surface area contributed by atoms with Crippen molar-refractivity contribution in [3.05, 3.63) is 59.0 Å². The van der Waals surface area contributed by atoms with Crippen LogP contribution in [0.5, 0.6) is 0 Å². The third-order valence-electron chi connectivity index (χ3n) is 4.63. The van der Waals surface area contributed by atoms with Gasteiger partial charge >= 0.3 is 5.97 Å². The monoisotopic (exact) mass is 283 g/mol. The van der Waals surface area contributed by atoms with Gasteiger partial charge in [0.15, 0.2) is 0 Å². The molecule has 106 valence electrons. The topological polar surface area (TPSA) is 70.8 Å². The lowest BCUT2D eigenvalue weighted by atomic mass is 9.80. The van der Waals surface area contributed by atoms with Crippen LogP contribution in [0.1, 0.15) is 34.2 Å². The molecule has 0 aliphatic carbocycles. The van der Waals surface area contributed by atoms with E-state index < -0.39 is 17.6 Å². The maximum atomic E-state index is 12.7. The zero-order chi connectivity index (χ0) is 14.8. The smallest absolute Gasteiger partial charge is 0.326 e. The van der Waals surface area contributed by atoms with Crippen LogP contribution < -0.4 is 0 Å². The van der Waals surface area contributed by atoms with Crippen LogP contribution in [0.15, 0.2) is 41.0 Å². The Balaban J connectivity index is 2.05. The number of hydrogen-bond donors (Lipinski definition) is 1. The Bertz CT molecular complexity index is 778. The van der Waals surface area contributed by atoms with Crippen molar-refractivity contribution in [2.24, 2.45) is 0 Å². The summed E-state index contributed by atoms with van der Waals surface area (Å²) in [5, 5.41) is 9.52. The van der Waals surface area contributed by atoms with Crippen molar-refractivity contribution in [2.75, 3.05) is 0 Å². The van der Waals surface area contributed by atoms with Gasteiger partial charge in [0, 0.05) is 17.5 Å². The van der Waals surface area contributed by atoms with Crippen LogP contribution in [0.2, 0.25) is 0 Å². The van der Waals surface area contributed by atoms with Gasteiger partial charge in [0.05, 0.1) is 11.8 Å². The number of aliphatic carboxylic acids is 1. The van der Waals surface area contributed by atoms with Crippen LogP contribution in [0.25, 0.3) is 0 Å². The van der Waals surface area contributed by atoms with Gasteiger partial charge < -0.3 is 14.4 Å². The zero-order valence-corrected chi connectivity index (χ0v) is 11.4. The number of carboxylic acid groups (broad SMARTS) is 1. The highest BCUT2D eigenvalue weighted by atomic mass is 16.4. The number of benzene rings is 1. The molecule has 0 saturated carbocycles. The molecule has 0 unspecified atom stereocenters. The average molecular weight is 283 g/mol. The van der Waals surface area contributed by atoms with Crippen molar-refractivity contribution in [3.8, 4) is 0 Å². The van der Waals surface area contributed by atoms with Crippen LogP contribution in [-0.4, -0.2) is 27.9 Å². The van der Waals surface area contributed by atoms with Crippen molar-refractivity contribution in [2.45, 2.75) is 24.9 Å². The molecule has 4 rings (SSSR count). The predicted octanol–water partition coefficient (Wildman–Crippen LogP) is 2.01. The van der Waals surface area contributed by atoms with Gasteiger partial charge in [0.2, 0.25) is 0 Å². The Morgan fingerprint density at radius 1 is 1.33 bits per heavy atom. The molecule has 1 amide bonds. The summed E-state index contributed by atoms with van der Waals surface area (Å²) < 4.78 is 5.46. The van der Waals surface area contributed by atoms with Gasteiger partial charge in [-0.05, 0) is 24.6 Å². The third kappa shape index (κ3) is 1.31. The molecule has 0 saturated heterocycles. The van der Waals surface area contributed by atoms with Gasteiger partial charge in [-0.25, -0.2) is 4.79 Å². The molecule has 1 N–H and O–H groups in total. The molecule has 2 aromatic rings. The minimum Gasteiger partial charge on any atom is -0.480 e. The first-order valence-electron chi connectivity index (χ1n) is 6.78. The summed E-state index contributed by atoms with van der Waals surface area (Å²) in [6.45, 7) is 1.89. The lowest BCUT2D eigenvalue weighted by Crippen LogP contribution is -2.55. The minimum absolute atomic E-state index is 0.201. The molecule has 0 fully saturated rings. The van der Waals surface area contributed by atoms with Crippen molar-refractivity contribution < 1.29 is 19.1 Å². The fourth-order valence-electron chi connectivity index (χ4n) is 3.68. The minimum atomic E-state index is -1.01. The first kappa shape index (κ1) is 12.2. The fourth-order valence-corrected chi connectivity index (χ4v) is 3.68. The third-order valence-corrected chi connectivity index (χ3v) is 4.63. The number of nitrogens with zero attached hydrogens (tertiary/aromatic N) is 1. The van der Waals surface area contributed by atoms with E-state index >= 15 is 0 Å². The van der Waals surface area contributed by atoms with E-state index in [2.05, 4.69) is 0 Å². The first-order chi connectivity index (χ1) is 10.0. The highest BCUT2D eigenvalue weighted by Crippen LogP contribution is 2.49. The Hall–Kier alpha value is -2.56. The van der Waals surface area contributed by atoms with Crippen LogP contribution in [0.3, 0.4) is 0 Å². The fraction of sp³-hybridized carbons (Fsp3) is 0.250. The van der Waals surface area contributed by atoms with Crippen molar-refractivity contribution >= 4 is 11.9 Å². The number of carbonyl (C=O) groups is 2. The summed E-state index contributed by atoms with van der Waals surface area (Å²) in [5.41, 5.74) is 1.50. The Morgan fingerprint density at radius 3 is 2.86 bits per heavy atom. The normalized spacial score (nSPS) is 26.2. The second-order valence-electron chi connectivity index (χ2n) is 5.61. The second-order valence-corrected chi connectivity index (χ2v) is 5.61. The molecule has 5 nitrogen and oxygen atoms in total. The maximum absolute atomic E-state index is 12.7. The Morgan fingerprint density at radius 2 is 2.10 bits per heavy atom. The number of fused-ring (bicyclic) bond motifs is 5. The Kier molecular flexibility index (Phi) is 2.18. The SMILES string of the molecule is C[C@]12c3ccccc3C(=O)N1[C@H](C(=O)O)Cc1occc12. The highest BCUT2D eigenvalue weighted by Gasteiger charge is 2.56. The molecule has 3 heterocycles. The molecule has 0 radical (unpaired) electrons. The van der Waals surface area contributed by atoms with Gasteiger partial charge in [0.25, 0.3) is 5.91 Å². The van der Waals surface area contributed by atoms with E-state index in [-0.39, 0.29) is 12.3 Å². The zero-order valence-electron chi connectivity index (χ0n) is 11.4. The van der Waals surface area contributed by atoms with Crippen LogP contribution in [-0.2, 0) is 16.8 Å². The van der Waals surface area contributed by atoms with E-state index in [1.165, 1.54) is 4.90 Å². The molecular weight excluding hydrogens is 270 g/mol. The molecule has 0 spiro atoms. The van der Waals surface area contributed by atoms with Gasteiger partial charge in [-0.15, -0.1) is 0 Å².